The summed E-state index contributed by atoms with van der Waals surface area (Å²) in [6.45, 7) is 2.11. The zero-order valence-electron chi connectivity index (χ0n) is 10.4. The first-order valence-electron chi connectivity index (χ1n) is 6.55. The number of alkyl carbamates (subject to hydrolysis) is 1. The summed E-state index contributed by atoms with van der Waals surface area (Å²) < 4.78 is 4.65. The van der Waals surface area contributed by atoms with Crippen LogP contribution in [0.3, 0.4) is 0 Å². The Morgan fingerprint density at radius 2 is 1.81 bits per heavy atom. The molecule has 3 nitrogen and oxygen atoms in total. The van der Waals surface area contributed by atoms with Crippen LogP contribution in [0.4, 0.5) is 4.79 Å². The van der Waals surface area contributed by atoms with E-state index >= 15 is 0 Å². The van der Waals surface area contributed by atoms with Crippen molar-refractivity contribution in [2.24, 2.45) is 17.8 Å². The largest absolute Gasteiger partial charge is 0.453 e. The normalized spacial score (nSPS) is 35.2. The van der Waals surface area contributed by atoms with Crippen molar-refractivity contribution in [3.63, 3.8) is 0 Å². The van der Waals surface area contributed by atoms with Gasteiger partial charge in [-0.25, -0.2) is 4.79 Å². The number of methoxy groups -OCH3 is 1. The Kier molecular flexibility index (Phi) is 3.72. The minimum absolute atomic E-state index is 0.262. The number of hydrogen-bond acceptors (Lipinski definition) is 2. The molecule has 0 aromatic heterocycles. The number of carbonyl (C=O) groups excluding carboxylic acids is 1. The molecule has 2 saturated carbocycles. The Morgan fingerprint density at radius 1 is 1.25 bits per heavy atom. The van der Waals surface area contributed by atoms with Crippen molar-refractivity contribution >= 4 is 6.09 Å². The molecule has 3 heteroatoms. The quantitative estimate of drug-likeness (QED) is 0.784. The van der Waals surface area contributed by atoms with Gasteiger partial charge in [0.25, 0.3) is 0 Å². The van der Waals surface area contributed by atoms with E-state index in [4.69, 9.17) is 0 Å². The van der Waals surface area contributed by atoms with E-state index in [1.165, 1.54) is 45.6 Å². The molecule has 1 amide bonds. The third-order valence-electron chi connectivity index (χ3n) is 4.52. The second kappa shape index (κ2) is 5.07. The van der Waals surface area contributed by atoms with Crippen LogP contribution in [0, 0.1) is 17.8 Å². The molecule has 2 aliphatic carbocycles. The molecule has 92 valence electrons. The Labute approximate surface area is 97.9 Å². The van der Waals surface area contributed by atoms with E-state index in [1.54, 1.807) is 0 Å². The summed E-state index contributed by atoms with van der Waals surface area (Å²) in [6.07, 6.45) is 7.95. The van der Waals surface area contributed by atoms with Crippen molar-refractivity contribution in [1.29, 1.82) is 0 Å². The lowest BCUT2D eigenvalue weighted by Gasteiger charge is -2.24. The van der Waals surface area contributed by atoms with E-state index in [0.29, 0.717) is 5.92 Å². The molecule has 0 bridgehead atoms. The number of fused-ring (bicyclic) bond motifs is 1. The van der Waals surface area contributed by atoms with Crippen LogP contribution in [0.2, 0.25) is 0 Å². The van der Waals surface area contributed by atoms with Crippen molar-refractivity contribution < 1.29 is 9.53 Å². The SMILES string of the molecule is COC(=O)NC(C)C1CC2CCCCC2C1. The minimum Gasteiger partial charge on any atom is -0.453 e. The Bertz CT molecular complexity index is 240. The molecular formula is C13H23NO2. The molecule has 2 aliphatic rings. The van der Waals surface area contributed by atoms with E-state index in [-0.39, 0.29) is 12.1 Å². The fourth-order valence-corrected chi connectivity index (χ4v) is 3.55. The summed E-state index contributed by atoms with van der Waals surface area (Å²) in [5.41, 5.74) is 0. The van der Waals surface area contributed by atoms with Gasteiger partial charge in [0.1, 0.15) is 0 Å². The zero-order valence-corrected chi connectivity index (χ0v) is 10.4. The molecule has 0 spiro atoms. The van der Waals surface area contributed by atoms with Crippen LogP contribution in [0.15, 0.2) is 0 Å². The standard InChI is InChI=1S/C13H23NO2/c1-9(14-13(15)16-2)12-7-10-5-3-4-6-11(10)8-12/h9-12H,3-8H2,1-2H3,(H,14,15). The van der Waals surface area contributed by atoms with Gasteiger partial charge in [-0.1, -0.05) is 25.7 Å². The molecule has 0 aromatic carbocycles. The molecule has 0 aliphatic heterocycles. The predicted molar refractivity (Wildman–Crippen MR) is 63.2 cm³/mol. The number of ether oxygens (including phenoxy) is 1. The maximum absolute atomic E-state index is 11.2. The lowest BCUT2D eigenvalue weighted by Crippen LogP contribution is -2.37. The molecule has 3 unspecified atom stereocenters. The number of carbonyl (C=O) groups is 1. The van der Waals surface area contributed by atoms with Gasteiger partial charge in [0.15, 0.2) is 0 Å². The molecule has 0 aromatic rings. The molecular weight excluding hydrogens is 202 g/mol. The highest BCUT2D eigenvalue weighted by Crippen LogP contribution is 2.46. The number of amides is 1. The Hall–Kier alpha value is -0.730. The molecule has 0 saturated heterocycles. The van der Waals surface area contributed by atoms with Crippen LogP contribution in [0.25, 0.3) is 0 Å². The van der Waals surface area contributed by atoms with E-state index in [0.717, 1.165) is 11.8 Å². The van der Waals surface area contributed by atoms with Gasteiger partial charge < -0.3 is 10.1 Å². The summed E-state index contributed by atoms with van der Waals surface area (Å²) in [4.78, 5) is 11.2. The van der Waals surface area contributed by atoms with Crippen LogP contribution < -0.4 is 5.32 Å². The summed E-state index contributed by atoms with van der Waals surface area (Å²) in [7, 11) is 1.43. The average molecular weight is 225 g/mol. The summed E-state index contributed by atoms with van der Waals surface area (Å²) >= 11 is 0. The van der Waals surface area contributed by atoms with E-state index in [1.807, 2.05) is 0 Å². The summed E-state index contributed by atoms with van der Waals surface area (Å²) in [6, 6.07) is 0.262. The highest BCUT2D eigenvalue weighted by atomic mass is 16.5. The monoisotopic (exact) mass is 225 g/mol. The fraction of sp³-hybridized carbons (Fsp3) is 0.923. The molecule has 0 radical (unpaired) electrons. The van der Waals surface area contributed by atoms with Crippen molar-refractivity contribution in [1.82, 2.24) is 5.32 Å². The zero-order chi connectivity index (χ0) is 11.5. The third kappa shape index (κ3) is 2.50. The van der Waals surface area contributed by atoms with Crippen LogP contribution in [0.5, 0.6) is 0 Å². The Morgan fingerprint density at radius 3 is 2.31 bits per heavy atom. The van der Waals surface area contributed by atoms with E-state index in [9.17, 15) is 4.79 Å². The number of hydrogen-bond donors (Lipinski definition) is 1. The van der Waals surface area contributed by atoms with Crippen molar-refractivity contribution in [3.05, 3.63) is 0 Å². The molecule has 2 fully saturated rings. The number of rotatable bonds is 2. The average Bonchev–Trinajstić information content (AvgIpc) is 2.72. The van der Waals surface area contributed by atoms with Gasteiger partial charge in [-0.05, 0) is 37.5 Å². The second-order valence-electron chi connectivity index (χ2n) is 5.46. The van der Waals surface area contributed by atoms with Crippen LogP contribution >= 0.6 is 0 Å². The van der Waals surface area contributed by atoms with Crippen LogP contribution in [-0.2, 0) is 4.74 Å². The molecule has 1 N–H and O–H groups in total. The molecule has 3 atom stereocenters. The first kappa shape index (κ1) is 11.7. The van der Waals surface area contributed by atoms with Crippen molar-refractivity contribution in [2.45, 2.75) is 51.5 Å². The topological polar surface area (TPSA) is 38.3 Å². The summed E-state index contributed by atoms with van der Waals surface area (Å²) in [5.74, 6) is 2.52. The van der Waals surface area contributed by atoms with Gasteiger partial charge in [-0.2, -0.15) is 0 Å². The third-order valence-corrected chi connectivity index (χ3v) is 4.52. The van der Waals surface area contributed by atoms with Gasteiger partial charge in [0.05, 0.1) is 7.11 Å². The Balaban J connectivity index is 1.84. The van der Waals surface area contributed by atoms with Crippen molar-refractivity contribution in [2.75, 3.05) is 7.11 Å². The van der Waals surface area contributed by atoms with Gasteiger partial charge in [0, 0.05) is 6.04 Å². The first-order chi connectivity index (χ1) is 7.70. The molecule has 16 heavy (non-hydrogen) atoms. The van der Waals surface area contributed by atoms with Gasteiger partial charge in [-0.3, -0.25) is 0 Å². The van der Waals surface area contributed by atoms with Gasteiger partial charge in [0.2, 0.25) is 0 Å². The van der Waals surface area contributed by atoms with Crippen LogP contribution in [-0.4, -0.2) is 19.2 Å². The first-order valence-corrected chi connectivity index (χ1v) is 6.55. The predicted octanol–water partition coefficient (Wildman–Crippen LogP) is 2.95. The molecule has 0 heterocycles. The molecule has 2 rings (SSSR count). The van der Waals surface area contributed by atoms with E-state index < -0.39 is 0 Å². The van der Waals surface area contributed by atoms with E-state index in [2.05, 4.69) is 17.0 Å². The lowest BCUT2D eigenvalue weighted by molar-refractivity contribution is 0.162. The smallest absolute Gasteiger partial charge is 0.407 e. The summed E-state index contributed by atoms with van der Waals surface area (Å²) in [5, 5.41) is 2.92. The highest BCUT2D eigenvalue weighted by Gasteiger charge is 2.37. The van der Waals surface area contributed by atoms with Gasteiger partial charge >= 0.3 is 6.09 Å². The van der Waals surface area contributed by atoms with Gasteiger partial charge in [-0.15, -0.1) is 0 Å². The lowest BCUT2D eigenvalue weighted by atomic mass is 9.82. The maximum atomic E-state index is 11.2. The fourth-order valence-electron chi connectivity index (χ4n) is 3.55. The highest BCUT2D eigenvalue weighted by molar-refractivity contribution is 5.67. The second-order valence-corrected chi connectivity index (χ2v) is 5.46. The number of nitrogens with one attached hydrogen (secondary N) is 1. The van der Waals surface area contributed by atoms with Crippen molar-refractivity contribution in [3.8, 4) is 0 Å². The maximum Gasteiger partial charge on any atom is 0.407 e. The minimum atomic E-state index is -0.289. The van der Waals surface area contributed by atoms with Crippen LogP contribution in [0.1, 0.15) is 45.4 Å².